The molecule has 4 heterocycles. The number of morpholine rings is 1. The molecule has 6 nitrogen and oxygen atoms in total. The van der Waals surface area contributed by atoms with Gasteiger partial charge in [-0.1, -0.05) is 0 Å². The molecule has 2 unspecified atom stereocenters. The van der Waals surface area contributed by atoms with Crippen LogP contribution in [0.1, 0.15) is 41.9 Å². The maximum atomic E-state index is 12.2. The molecule has 3 aliphatic rings. The first-order valence-corrected chi connectivity index (χ1v) is 8.51. The fraction of sp³-hybridized carbons (Fsp3) is 0.750. The Morgan fingerprint density at radius 1 is 1.32 bits per heavy atom. The highest BCUT2D eigenvalue weighted by molar-refractivity contribution is 5.92. The summed E-state index contributed by atoms with van der Waals surface area (Å²) < 4.78 is 7.81. The van der Waals surface area contributed by atoms with E-state index in [2.05, 4.69) is 15.3 Å². The molecule has 0 aromatic carbocycles. The standard InChI is InChI=1S/C16H24N4O2/c21-16(15-9-12-3-1-2-7-20(12)18-15)17-6-8-19-10-13-4-5-14(11-19)22-13/h9,13-14H,1-8,10-11H2,(H,17,21). The molecule has 22 heavy (non-hydrogen) atoms. The third kappa shape index (κ3) is 2.90. The average Bonchev–Trinajstić information content (AvgIpc) is 3.10. The smallest absolute Gasteiger partial charge is 0.271 e. The molecule has 0 spiro atoms. The van der Waals surface area contributed by atoms with Crippen LogP contribution in [-0.2, 0) is 17.7 Å². The molecule has 1 aromatic heterocycles. The SMILES string of the molecule is O=C(NCCN1CC2CCC(C1)O2)c1cc2n(n1)CCCC2. The Bertz CT molecular complexity index is 521. The van der Waals surface area contributed by atoms with Crippen LogP contribution in [0.2, 0.25) is 0 Å². The van der Waals surface area contributed by atoms with Gasteiger partial charge in [-0.3, -0.25) is 14.4 Å². The summed E-state index contributed by atoms with van der Waals surface area (Å²) in [6.07, 6.45) is 6.60. The highest BCUT2D eigenvalue weighted by Crippen LogP contribution is 2.25. The predicted molar refractivity (Wildman–Crippen MR) is 81.8 cm³/mol. The summed E-state index contributed by atoms with van der Waals surface area (Å²) in [5.74, 6) is -0.0434. The van der Waals surface area contributed by atoms with Crippen molar-refractivity contribution in [2.75, 3.05) is 26.2 Å². The van der Waals surface area contributed by atoms with Gasteiger partial charge in [0.15, 0.2) is 0 Å². The minimum atomic E-state index is -0.0434. The van der Waals surface area contributed by atoms with Crippen molar-refractivity contribution >= 4 is 5.91 Å². The minimum absolute atomic E-state index is 0.0434. The average molecular weight is 304 g/mol. The molecule has 2 saturated heterocycles. The number of carbonyl (C=O) groups excluding carboxylic acids is 1. The van der Waals surface area contributed by atoms with E-state index in [4.69, 9.17) is 4.74 Å². The van der Waals surface area contributed by atoms with Gasteiger partial charge in [0, 0.05) is 38.4 Å². The van der Waals surface area contributed by atoms with Gasteiger partial charge in [-0.25, -0.2) is 0 Å². The fourth-order valence-electron chi connectivity index (χ4n) is 3.83. The van der Waals surface area contributed by atoms with Crippen LogP contribution in [0.5, 0.6) is 0 Å². The molecule has 1 amide bonds. The molecular weight excluding hydrogens is 280 g/mol. The van der Waals surface area contributed by atoms with Gasteiger partial charge >= 0.3 is 0 Å². The number of aryl methyl sites for hydroxylation is 2. The summed E-state index contributed by atoms with van der Waals surface area (Å²) >= 11 is 0. The lowest BCUT2D eigenvalue weighted by Gasteiger charge is -2.31. The van der Waals surface area contributed by atoms with E-state index in [0.717, 1.165) is 39.0 Å². The topological polar surface area (TPSA) is 59.4 Å². The number of fused-ring (bicyclic) bond motifs is 3. The Kier molecular flexibility index (Phi) is 3.88. The number of hydrogen-bond acceptors (Lipinski definition) is 4. The quantitative estimate of drug-likeness (QED) is 0.894. The van der Waals surface area contributed by atoms with E-state index >= 15 is 0 Å². The van der Waals surface area contributed by atoms with Gasteiger partial charge in [0.25, 0.3) is 5.91 Å². The van der Waals surface area contributed by atoms with Crippen LogP contribution >= 0.6 is 0 Å². The van der Waals surface area contributed by atoms with Gasteiger partial charge in [-0.2, -0.15) is 5.10 Å². The van der Waals surface area contributed by atoms with Crippen molar-refractivity contribution in [3.8, 4) is 0 Å². The van der Waals surface area contributed by atoms with E-state index in [1.54, 1.807) is 0 Å². The molecule has 0 saturated carbocycles. The second-order valence-electron chi connectivity index (χ2n) is 6.67. The maximum absolute atomic E-state index is 12.2. The summed E-state index contributed by atoms with van der Waals surface area (Å²) in [7, 11) is 0. The van der Waals surface area contributed by atoms with Crippen LogP contribution in [0.25, 0.3) is 0 Å². The van der Waals surface area contributed by atoms with E-state index in [1.165, 1.54) is 25.0 Å². The van der Waals surface area contributed by atoms with Gasteiger partial charge < -0.3 is 10.1 Å². The highest BCUT2D eigenvalue weighted by Gasteiger charge is 2.33. The summed E-state index contributed by atoms with van der Waals surface area (Å²) in [5, 5.41) is 7.43. The molecule has 6 heteroatoms. The molecular formula is C16H24N4O2. The van der Waals surface area contributed by atoms with Crippen LogP contribution < -0.4 is 5.32 Å². The molecule has 0 aliphatic carbocycles. The van der Waals surface area contributed by atoms with Crippen LogP contribution in [0.3, 0.4) is 0 Å². The normalized spacial score (nSPS) is 27.6. The molecule has 2 atom stereocenters. The number of aromatic nitrogens is 2. The van der Waals surface area contributed by atoms with E-state index in [-0.39, 0.29) is 5.91 Å². The maximum Gasteiger partial charge on any atom is 0.271 e. The van der Waals surface area contributed by atoms with Gasteiger partial charge in [0.05, 0.1) is 12.2 Å². The first-order chi connectivity index (χ1) is 10.8. The lowest BCUT2D eigenvalue weighted by atomic mass is 10.1. The van der Waals surface area contributed by atoms with E-state index in [0.29, 0.717) is 24.4 Å². The van der Waals surface area contributed by atoms with E-state index in [9.17, 15) is 4.79 Å². The summed E-state index contributed by atoms with van der Waals surface area (Å²) in [4.78, 5) is 14.6. The molecule has 3 aliphatic heterocycles. The molecule has 2 fully saturated rings. The minimum Gasteiger partial charge on any atom is -0.372 e. The third-order valence-electron chi connectivity index (χ3n) is 4.98. The van der Waals surface area contributed by atoms with Gasteiger partial charge in [0.2, 0.25) is 0 Å². The van der Waals surface area contributed by atoms with Crippen molar-refractivity contribution in [1.82, 2.24) is 20.0 Å². The van der Waals surface area contributed by atoms with E-state index in [1.807, 2.05) is 10.7 Å². The number of ether oxygens (including phenoxy) is 1. The largest absolute Gasteiger partial charge is 0.372 e. The van der Waals surface area contributed by atoms with Crippen molar-refractivity contribution in [3.63, 3.8) is 0 Å². The number of hydrogen-bond donors (Lipinski definition) is 1. The van der Waals surface area contributed by atoms with Crippen LogP contribution in [-0.4, -0.2) is 59.0 Å². The third-order valence-corrected chi connectivity index (χ3v) is 4.98. The van der Waals surface area contributed by atoms with Gasteiger partial charge in [0.1, 0.15) is 5.69 Å². The lowest BCUT2D eigenvalue weighted by Crippen LogP contribution is -2.45. The Morgan fingerprint density at radius 3 is 2.91 bits per heavy atom. The lowest BCUT2D eigenvalue weighted by molar-refractivity contribution is -0.0375. The first-order valence-electron chi connectivity index (χ1n) is 8.51. The summed E-state index contributed by atoms with van der Waals surface area (Å²) in [5.41, 5.74) is 1.76. The van der Waals surface area contributed by atoms with Crippen LogP contribution in [0.4, 0.5) is 0 Å². The monoisotopic (exact) mass is 304 g/mol. The van der Waals surface area contributed by atoms with Crippen LogP contribution in [0, 0.1) is 0 Å². The number of nitrogens with one attached hydrogen (secondary N) is 1. The number of carbonyl (C=O) groups is 1. The molecule has 4 rings (SSSR count). The Balaban J connectivity index is 1.27. The van der Waals surface area contributed by atoms with Gasteiger partial charge in [-0.15, -0.1) is 0 Å². The van der Waals surface area contributed by atoms with Crippen molar-refractivity contribution in [2.45, 2.75) is 50.9 Å². The van der Waals surface area contributed by atoms with Crippen molar-refractivity contribution in [3.05, 3.63) is 17.5 Å². The molecule has 1 aromatic rings. The Labute approximate surface area is 130 Å². The number of nitrogens with zero attached hydrogens (tertiary/aromatic N) is 3. The van der Waals surface area contributed by atoms with Crippen molar-refractivity contribution in [2.24, 2.45) is 0 Å². The second-order valence-corrected chi connectivity index (χ2v) is 6.67. The molecule has 0 radical (unpaired) electrons. The number of rotatable bonds is 4. The van der Waals surface area contributed by atoms with E-state index < -0.39 is 0 Å². The second kappa shape index (κ2) is 6.01. The summed E-state index contributed by atoms with van der Waals surface area (Å²) in [6.45, 7) is 4.53. The molecule has 2 bridgehead atoms. The highest BCUT2D eigenvalue weighted by atomic mass is 16.5. The molecule has 1 N–H and O–H groups in total. The molecule has 120 valence electrons. The first kappa shape index (κ1) is 14.2. The Morgan fingerprint density at radius 2 is 2.14 bits per heavy atom. The number of likely N-dealkylation sites (tertiary alicyclic amines) is 1. The summed E-state index contributed by atoms with van der Waals surface area (Å²) in [6, 6.07) is 1.95. The predicted octanol–water partition coefficient (Wildman–Crippen LogP) is 0.812. The van der Waals surface area contributed by atoms with Gasteiger partial charge in [-0.05, 0) is 38.2 Å². The number of amides is 1. The fourth-order valence-corrected chi connectivity index (χ4v) is 3.83. The zero-order chi connectivity index (χ0) is 14.9. The zero-order valence-corrected chi connectivity index (χ0v) is 13.0. The Hall–Kier alpha value is -1.40. The zero-order valence-electron chi connectivity index (χ0n) is 13.0. The van der Waals surface area contributed by atoms with Crippen LogP contribution in [0.15, 0.2) is 6.07 Å². The van der Waals surface area contributed by atoms with Crippen molar-refractivity contribution in [1.29, 1.82) is 0 Å². The van der Waals surface area contributed by atoms with Crippen molar-refractivity contribution < 1.29 is 9.53 Å².